The molecule has 2 aromatic carbocycles. The molecule has 2 atom stereocenters. The minimum absolute atomic E-state index is 0. The Labute approximate surface area is 158 Å². The molecule has 0 aliphatic rings. The average molecular weight is 369 g/mol. The number of carbonyl (C=O) groups excluding carboxylic acids is 2. The van der Waals surface area contributed by atoms with E-state index in [9.17, 15) is 14.7 Å². The molecule has 7 nitrogen and oxygen atoms in total. The summed E-state index contributed by atoms with van der Waals surface area (Å²) in [6.45, 7) is 1.33. The van der Waals surface area contributed by atoms with E-state index >= 15 is 0 Å². The van der Waals surface area contributed by atoms with Crippen LogP contribution >= 0.6 is 0 Å². The molecular formula is C20H23N3O4. The van der Waals surface area contributed by atoms with Crippen LogP contribution in [0.3, 0.4) is 0 Å². The molecule has 0 saturated heterocycles. The van der Waals surface area contributed by atoms with Crippen molar-refractivity contribution < 1.29 is 19.9 Å². The summed E-state index contributed by atoms with van der Waals surface area (Å²) >= 11 is 0. The molecule has 0 saturated carbocycles. The monoisotopic (exact) mass is 369 g/mol. The Hall–Kier alpha value is -3.34. The maximum atomic E-state index is 12.2. The SMILES string of the molecule is C.C[C@@H](O)[C@H](NC(=O)c1ccc(C#Cc2cccc(N)c2)cc1)C(=O)NO. The van der Waals surface area contributed by atoms with Crippen LogP contribution in [0.1, 0.15) is 35.8 Å². The lowest BCUT2D eigenvalue weighted by atomic mass is 10.1. The molecule has 7 heteroatoms. The zero-order valence-electron chi connectivity index (χ0n) is 14.1. The Morgan fingerprint density at radius 1 is 1.07 bits per heavy atom. The molecule has 0 heterocycles. The first-order valence-corrected chi connectivity index (χ1v) is 7.81. The van der Waals surface area contributed by atoms with Crippen LogP contribution in [0, 0.1) is 11.8 Å². The highest BCUT2D eigenvalue weighted by molar-refractivity contribution is 5.97. The molecule has 0 aliphatic heterocycles. The number of hydrogen-bond acceptors (Lipinski definition) is 5. The quantitative estimate of drug-likeness (QED) is 0.240. The number of nitrogens with one attached hydrogen (secondary N) is 2. The first kappa shape index (κ1) is 21.7. The van der Waals surface area contributed by atoms with Crippen molar-refractivity contribution in [1.29, 1.82) is 0 Å². The number of hydrogen-bond donors (Lipinski definition) is 5. The predicted molar refractivity (Wildman–Crippen MR) is 103 cm³/mol. The summed E-state index contributed by atoms with van der Waals surface area (Å²) in [5.74, 6) is 4.48. The highest BCUT2D eigenvalue weighted by Crippen LogP contribution is 2.07. The normalized spacial score (nSPS) is 11.8. The first-order chi connectivity index (χ1) is 12.4. The zero-order valence-corrected chi connectivity index (χ0v) is 14.1. The summed E-state index contributed by atoms with van der Waals surface area (Å²) in [5, 5.41) is 20.6. The van der Waals surface area contributed by atoms with Crippen molar-refractivity contribution in [2.45, 2.75) is 26.5 Å². The van der Waals surface area contributed by atoms with Crippen LogP contribution in [-0.4, -0.2) is 34.3 Å². The molecule has 27 heavy (non-hydrogen) atoms. The molecule has 6 N–H and O–H groups in total. The number of nitrogens with two attached hydrogens (primary N) is 1. The molecule has 0 unspecified atom stereocenters. The fourth-order valence-corrected chi connectivity index (χ4v) is 2.17. The maximum absolute atomic E-state index is 12.2. The minimum atomic E-state index is -1.27. The summed E-state index contributed by atoms with van der Waals surface area (Å²) in [6.07, 6.45) is -1.17. The second-order valence-electron chi connectivity index (χ2n) is 5.62. The summed E-state index contributed by atoms with van der Waals surface area (Å²) in [6, 6.07) is 12.4. The Bertz CT molecular complexity index is 852. The number of amides is 2. The van der Waals surface area contributed by atoms with Gasteiger partial charge in [0.05, 0.1) is 6.10 Å². The van der Waals surface area contributed by atoms with Gasteiger partial charge in [-0.15, -0.1) is 0 Å². The Morgan fingerprint density at radius 3 is 2.26 bits per heavy atom. The van der Waals surface area contributed by atoms with E-state index in [1.165, 1.54) is 12.4 Å². The van der Waals surface area contributed by atoms with Crippen molar-refractivity contribution in [3.05, 3.63) is 65.2 Å². The standard InChI is InChI=1S/C19H19N3O4.CH4/c1-12(23)17(19(25)22-26)21-18(24)15-9-7-13(8-10-15)5-6-14-3-2-4-16(20)11-14;/h2-4,7-12,17,23,26H,20H2,1H3,(H,21,24)(H,22,25);1H4/t12-,17+;/m1./s1. The maximum Gasteiger partial charge on any atom is 0.268 e. The second kappa shape index (κ2) is 9.97. The van der Waals surface area contributed by atoms with Gasteiger partial charge < -0.3 is 16.2 Å². The van der Waals surface area contributed by atoms with Crippen LogP contribution in [0.2, 0.25) is 0 Å². The third-order valence-electron chi connectivity index (χ3n) is 3.55. The van der Waals surface area contributed by atoms with E-state index in [2.05, 4.69) is 17.2 Å². The van der Waals surface area contributed by atoms with Gasteiger partial charge in [0.2, 0.25) is 0 Å². The van der Waals surface area contributed by atoms with E-state index in [-0.39, 0.29) is 13.0 Å². The third-order valence-corrected chi connectivity index (χ3v) is 3.55. The Kier molecular flexibility index (Phi) is 8.01. The van der Waals surface area contributed by atoms with Crippen LogP contribution in [0.25, 0.3) is 0 Å². The van der Waals surface area contributed by atoms with Crippen molar-refractivity contribution in [2.24, 2.45) is 0 Å². The summed E-state index contributed by atoms with van der Waals surface area (Å²) in [7, 11) is 0. The summed E-state index contributed by atoms with van der Waals surface area (Å²) in [4.78, 5) is 23.6. The molecule has 0 fully saturated rings. The van der Waals surface area contributed by atoms with Gasteiger partial charge in [0.1, 0.15) is 6.04 Å². The van der Waals surface area contributed by atoms with E-state index in [1.54, 1.807) is 36.4 Å². The average Bonchev–Trinajstić information content (AvgIpc) is 2.64. The van der Waals surface area contributed by atoms with Crippen LogP contribution in [-0.2, 0) is 4.79 Å². The number of benzene rings is 2. The molecule has 0 spiro atoms. The molecule has 0 aliphatic carbocycles. The summed E-state index contributed by atoms with van der Waals surface area (Å²) < 4.78 is 0. The largest absolute Gasteiger partial charge is 0.399 e. The van der Waals surface area contributed by atoms with Crippen LogP contribution in [0.15, 0.2) is 48.5 Å². The van der Waals surface area contributed by atoms with Crippen LogP contribution in [0.4, 0.5) is 5.69 Å². The van der Waals surface area contributed by atoms with Gasteiger partial charge in [-0.3, -0.25) is 14.8 Å². The highest BCUT2D eigenvalue weighted by atomic mass is 16.5. The summed E-state index contributed by atoms with van der Waals surface area (Å²) in [5.41, 5.74) is 9.50. The lowest BCUT2D eigenvalue weighted by Crippen LogP contribution is -2.51. The smallest absolute Gasteiger partial charge is 0.268 e. The Morgan fingerprint density at radius 2 is 1.70 bits per heavy atom. The van der Waals surface area contributed by atoms with Gasteiger partial charge in [-0.25, -0.2) is 5.48 Å². The minimum Gasteiger partial charge on any atom is -0.399 e. The van der Waals surface area contributed by atoms with Crippen molar-refractivity contribution in [3.8, 4) is 11.8 Å². The highest BCUT2D eigenvalue weighted by Gasteiger charge is 2.25. The molecule has 0 aromatic heterocycles. The fraction of sp³-hybridized carbons (Fsp3) is 0.200. The second-order valence-corrected chi connectivity index (χ2v) is 5.62. The number of aliphatic hydroxyl groups excluding tert-OH is 1. The van der Waals surface area contributed by atoms with E-state index in [0.29, 0.717) is 11.3 Å². The molecule has 2 amide bonds. The van der Waals surface area contributed by atoms with Crippen molar-refractivity contribution in [3.63, 3.8) is 0 Å². The Balaban J connectivity index is 0.00000364. The molecule has 0 radical (unpaired) electrons. The topological polar surface area (TPSA) is 125 Å². The van der Waals surface area contributed by atoms with Crippen LogP contribution < -0.4 is 16.5 Å². The molecular weight excluding hydrogens is 346 g/mol. The predicted octanol–water partition coefficient (Wildman–Crippen LogP) is 1.29. The van der Waals surface area contributed by atoms with E-state index in [0.717, 1.165) is 5.56 Å². The number of aliphatic hydroxyl groups is 1. The van der Waals surface area contributed by atoms with Gasteiger partial charge in [0.25, 0.3) is 11.8 Å². The number of rotatable bonds is 4. The zero-order chi connectivity index (χ0) is 19.1. The van der Waals surface area contributed by atoms with E-state index in [1.807, 2.05) is 12.1 Å². The van der Waals surface area contributed by atoms with Gasteiger partial charge in [-0.1, -0.05) is 25.3 Å². The van der Waals surface area contributed by atoms with Gasteiger partial charge in [0.15, 0.2) is 0 Å². The van der Waals surface area contributed by atoms with Gasteiger partial charge in [-0.05, 0) is 49.4 Å². The third kappa shape index (κ3) is 6.15. The lowest BCUT2D eigenvalue weighted by Gasteiger charge is -2.19. The molecule has 2 aromatic rings. The lowest BCUT2D eigenvalue weighted by molar-refractivity contribution is -0.133. The van der Waals surface area contributed by atoms with Gasteiger partial charge >= 0.3 is 0 Å². The van der Waals surface area contributed by atoms with Crippen LogP contribution in [0.5, 0.6) is 0 Å². The van der Waals surface area contributed by atoms with Gasteiger partial charge in [-0.2, -0.15) is 0 Å². The van der Waals surface area contributed by atoms with E-state index < -0.39 is 24.0 Å². The molecule has 142 valence electrons. The molecule has 0 bridgehead atoms. The number of anilines is 1. The number of nitrogen functional groups attached to an aromatic ring is 1. The molecule has 2 rings (SSSR count). The van der Waals surface area contributed by atoms with E-state index in [4.69, 9.17) is 10.9 Å². The fourth-order valence-electron chi connectivity index (χ4n) is 2.17. The van der Waals surface area contributed by atoms with Gasteiger partial charge in [0, 0.05) is 22.4 Å². The van der Waals surface area contributed by atoms with Crippen molar-refractivity contribution >= 4 is 17.5 Å². The number of hydroxylamine groups is 1. The first-order valence-electron chi connectivity index (χ1n) is 7.81. The van der Waals surface area contributed by atoms with Crippen molar-refractivity contribution in [1.82, 2.24) is 10.8 Å². The number of carbonyl (C=O) groups is 2. The van der Waals surface area contributed by atoms with Crippen molar-refractivity contribution in [2.75, 3.05) is 5.73 Å².